The first-order valence-electron chi connectivity index (χ1n) is 4.77. The Morgan fingerprint density at radius 3 is 2.80 bits per heavy atom. The molecule has 1 atom stereocenters. The molecular weight excluding hydrogens is 205 g/mol. The van der Waals surface area contributed by atoms with Crippen molar-refractivity contribution in [1.29, 1.82) is 0 Å². The van der Waals surface area contributed by atoms with Gasteiger partial charge in [0.05, 0.1) is 0 Å². The Morgan fingerprint density at radius 1 is 1.00 bits per heavy atom. The van der Waals surface area contributed by atoms with E-state index in [1.807, 2.05) is 30.3 Å². The third kappa shape index (κ3) is 1.30. The van der Waals surface area contributed by atoms with E-state index in [1.54, 1.807) is 0 Å². The highest BCUT2D eigenvalue weighted by atomic mass is 31.1. The molecule has 0 saturated carbocycles. The van der Waals surface area contributed by atoms with Crippen LogP contribution >= 0.6 is 8.81 Å². The standard InChI is InChI=1S/C12H10NOP/c13-9-5-3-6-10-12(9)8-4-1-2-7-11(8)15-14-10/h1-7,15H,13H2. The minimum atomic E-state index is 0.381. The van der Waals surface area contributed by atoms with Crippen LogP contribution in [0, 0.1) is 0 Å². The molecule has 0 amide bonds. The lowest BCUT2D eigenvalue weighted by atomic mass is 10.0. The van der Waals surface area contributed by atoms with Crippen molar-refractivity contribution in [2.75, 3.05) is 5.73 Å². The second kappa shape index (κ2) is 3.25. The van der Waals surface area contributed by atoms with Crippen LogP contribution in [0.4, 0.5) is 5.69 Å². The maximum Gasteiger partial charge on any atom is 0.133 e. The number of hydrogen-bond acceptors (Lipinski definition) is 2. The maximum absolute atomic E-state index is 5.98. The molecule has 2 N–H and O–H groups in total. The fraction of sp³-hybridized carbons (Fsp3) is 0. The largest absolute Gasteiger partial charge is 0.472 e. The molecule has 0 bridgehead atoms. The second-order valence-electron chi connectivity index (χ2n) is 3.47. The molecule has 0 aliphatic carbocycles. The summed E-state index contributed by atoms with van der Waals surface area (Å²) < 4.78 is 5.68. The number of anilines is 1. The molecule has 1 aliphatic rings. The van der Waals surface area contributed by atoms with Gasteiger partial charge in [0.1, 0.15) is 14.6 Å². The predicted molar refractivity (Wildman–Crippen MR) is 64.9 cm³/mol. The van der Waals surface area contributed by atoms with E-state index in [9.17, 15) is 0 Å². The Labute approximate surface area is 89.9 Å². The van der Waals surface area contributed by atoms with Crippen molar-refractivity contribution in [2.45, 2.75) is 0 Å². The third-order valence-corrected chi connectivity index (χ3v) is 3.50. The SMILES string of the molecule is Nc1cccc2c1-c1ccccc1PO2. The fourth-order valence-electron chi connectivity index (χ4n) is 1.82. The monoisotopic (exact) mass is 215 g/mol. The van der Waals surface area contributed by atoms with Crippen molar-refractivity contribution in [3.05, 3.63) is 42.5 Å². The van der Waals surface area contributed by atoms with Crippen LogP contribution in [0.2, 0.25) is 0 Å². The molecule has 0 fully saturated rings. The molecule has 1 unspecified atom stereocenters. The van der Waals surface area contributed by atoms with Gasteiger partial charge in [0, 0.05) is 16.6 Å². The Balaban J connectivity index is 2.33. The summed E-state index contributed by atoms with van der Waals surface area (Å²) in [6.45, 7) is 0. The van der Waals surface area contributed by atoms with E-state index in [1.165, 1.54) is 10.9 Å². The van der Waals surface area contributed by atoms with Gasteiger partial charge < -0.3 is 10.3 Å². The van der Waals surface area contributed by atoms with Gasteiger partial charge >= 0.3 is 0 Å². The lowest BCUT2D eigenvalue weighted by Crippen LogP contribution is -2.08. The summed E-state index contributed by atoms with van der Waals surface area (Å²) in [6.07, 6.45) is 0. The average molecular weight is 215 g/mol. The van der Waals surface area contributed by atoms with Crippen molar-refractivity contribution in [2.24, 2.45) is 0 Å². The smallest absolute Gasteiger partial charge is 0.133 e. The predicted octanol–water partition coefficient (Wildman–Crippen LogP) is 2.55. The molecule has 1 aliphatic heterocycles. The van der Waals surface area contributed by atoms with Gasteiger partial charge in [0.25, 0.3) is 0 Å². The first-order chi connectivity index (χ1) is 7.36. The highest BCUT2D eigenvalue weighted by Crippen LogP contribution is 2.42. The zero-order chi connectivity index (χ0) is 10.3. The van der Waals surface area contributed by atoms with Gasteiger partial charge in [-0.15, -0.1) is 0 Å². The van der Waals surface area contributed by atoms with E-state index in [0.717, 1.165) is 17.0 Å². The first-order valence-corrected chi connectivity index (χ1v) is 5.68. The molecule has 1 heterocycles. The topological polar surface area (TPSA) is 35.2 Å². The zero-order valence-corrected chi connectivity index (χ0v) is 9.03. The molecule has 2 aromatic rings. The van der Waals surface area contributed by atoms with E-state index >= 15 is 0 Å². The minimum absolute atomic E-state index is 0.381. The van der Waals surface area contributed by atoms with Crippen molar-refractivity contribution in [3.8, 4) is 16.9 Å². The summed E-state index contributed by atoms with van der Waals surface area (Å²) in [6, 6.07) is 14.0. The van der Waals surface area contributed by atoms with E-state index in [0.29, 0.717) is 8.81 Å². The number of nitrogens with two attached hydrogens (primary N) is 1. The second-order valence-corrected chi connectivity index (χ2v) is 4.42. The van der Waals surface area contributed by atoms with Crippen molar-refractivity contribution in [1.82, 2.24) is 0 Å². The molecule has 74 valence electrons. The Morgan fingerprint density at radius 2 is 1.87 bits per heavy atom. The Kier molecular flexibility index (Phi) is 1.90. The molecule has 3 rings (SSSR count). The molecular formula is C12H10NOP. The highest BCUT2D eigenvalue weighted by Gasteiger charge is 2.18. The summed E-state index contributed by atoms with van der Waals surface area (Å²) in [5.74, 6) is 0.895. The van der Waals surface area contributed by atoms with Gasteiger partial charge in [-0.3, -0.25) is 0 Å². The normalized spacial score (nSPS) is 14.1. The Hall–Kier alpha value is -1.53. The molecule has 2 aromatic carbocycles. The molecule has 0 spiro atoms. The van der Waals surface area contributed by atoms with Crippen molar-refractivity contribution >= 4 is 19.8 Å². The number of rotatable bonds is 0. The van der Waals surface area contributed by atoms with Crippen LogP contribution in [0.3, 0.4) is 0 Å². The summed E-state index contributed by atoms with van der Waals surface area (Å²) in [7, 11) is 0.381. The summed E-state index contributed by atoms with van der Waals surface area (Å²) in [5, 5.41) is 1.22. The van der Waals surface area contributed by atoms with E-state index in [-0.39, 0.29) is 0 Å². The van der Waals surface area contributed by atoms with Gasteiger partial charge in [-0.1, -0.05) is 30.3 Å². The van der Waals surface area contributed by atoms with Gasteiger partial charge in [0.15, 0.2) is 0 Å². The van der Waals surface area contributed by atoms with Crippen LogP contribution in [0.15, 0.2) is 42.5 Å². The number of benzene rings is 2. The fourth-order valence-corrected chi connectivity index (χ4v) is 2.69. The number of fused-ring (bicyclic) bond motifs is 3. The van der Waals surface area contributed by atoms with Gasteiger partial charge in [-0.05, 0) is 17.7 Å². The molecule has 15 heavy (non-hydrogen) atoms. The molecule has 2 nitrogen and oxygen atoms in total. The van der Waals surface area contributed by atoms with E-state index in [4.69, 9.17) is 10.3 Å². The molecule has 0 saturated heterocycles. The van der Waals surface area contributed by atoms with Crippen LogP contribution in [-0.2, 0) is 0 Å². The maximum atomic E-state index is 5.98. The lowest BCUT2D eigenvalue weighted by molar-refractivity contribution is 0.638. The Bertz CT molecular complexity index is 525. The van der Waals surface area contributed by atoms with Gasteiger partial charge in [-0.2, -0.15) is 0 Å². The number of hydrogen-bond donors (Lipinski definition) is 1. The van der Waals surface area contributed by atoms with Crippen LogP contribution in [0.5, 0.6) is 5.75 Å². The van der Waals surface area contributed by atoms with Crippen molar-refractivity contribution in [3.63, 3.8) is 0 Å². The van der Waals surface area contributed by atoms with Gasteiger partial charge in [0.2, 0.25) is 0 Å². The van der Waals surface area contributed by atoms with Gasteiger partial charge in [-0.25, -0.2) is 0 Å². The number of nitrogen functional groups attached to an aromatic ring is 1. The lowest BCUT2D eigenvalue weighted by Gasteiger charge is -2.21. The average Bonchev–Trinajstić information content (AvgIpc) is 2.29. The summed E-state index contributed by atoms with van der Waals surface area (Å²) in [5.41, 5.74) is 9.00. The summed E-state index contributed by atoms with van der Waals surface area (Å²) in [4.78, 5) is 0. The third-order valence-electron chi connectivity index (χ3n) is 2.53. The minimum Gasteiger partial charge on any atom is -0.472 e. The van der Waals surface area contributed by atoms with E-state index < -0.39 is 0 Å². The highest BCUT2D eigenvalue weighted by molar-refractivity contribution is 7.43. The molecule has 0 aromatic heterocycles. The van der Waals surface area contributed by atoms with Crippen LogP contribution in [0.25, 0.3) is 11.1 Å². The summed E-state index contributed by atoms with van der Waals surface area (Å²) >= 11 is 0. The zero-order valence-electron chi connectivity index (χ0n) is 8.03. The van der Waals surface area contributed by atoms with Crippen LogP contribution in [-0.4, -0.2) is 0 Å². The van der Waals surface area contributed by atoms with Crippen LogP contribution < -0.4 is 15.6 Å². The van der Waals surface area contributed by atoms with Crippen LogP contribution in [0.1, 0.15) is 0 Å². The molecule has 3 heteroatoms. The quantitative estimate of drug-likeness (QED) is 0.541. The van der Waals surface area contributed by atoms with Crippen molar-refractivity contribution < 1.29 is 4.52 Å². The molecule has 0 radical (unpaired) electrons. The van der Waals surface area contributed by atoms with E-state index in [2.05, 4.69) is 12.1 Å². The first kappa shape index (κ1) is 8.75.